The quantitative estimate of drug-likeness (QED) is 0.597. The average Bonchev–Trinajstić information content (AvgIpc) is 3.58. The molecule has 1 aromatic heterocycles. The highest BCUT2D eigenvalue weighted by atomic mass is 16.2. The molecule has 1 unspecified atom stereocenters. The van der Waals surface area contributed by atoms with E-state index in [2.05, 4.69) is 42.3 Å². The molecule has 7 nitrogen and oxygen atoms in total. The van der Waals surface area contributed by atoms with Crippen molar-refractivity contribution in [3.8, 4) is 16.9 Å². The summed E-state index contributed by atoms with van der Waals surface area (Å²) in [7, 11) is 0. The Labute approximate surface area is 206 Å². The van der Waals surface area contributed by atoms with Crippen LogP contribution >= 0.6 is 0 Å². The molecule has 0 bridgehead atoms. The summed E-state index contributed by atoms with van der Waals surface area (Å²) in [5, 5.41) is 7.95. The van der Waals surface area contributed by atoms with Crippen molar-refractivity contribution in [1.82, 2.24) is 24.9 Å². The molecular weight excluding hydrogens is 438 g/mol. The second-order valence-corrected chi connectivity index (χ2v) is 9.78. The number of para-hydroxylation sites is 1. The van der Waals surface area contributed by atoms with Gasteiger partial charge in [0.25, 0.3) is 5.91 Å². The Kier molecular flexibility index (Phi) is 6.43. The number of hydrogen-bond acceptors (Lipinski definition) is 4. The first kappa shape index (κ1) is 23.3. The smallest absolute Gasteiger partial charge is 0.257 e. The fourth-order valence-corrected chi connectivity index (χ4v) is 4.72. The van der Waals surface area contributed by atoms with E-state index in [4.69, 9.17) is 5.10 Å². The predicted octanol–water partition coefficient (Wildman–Crippen LogP) is 3.58. The molecule has 1 N–H and O–H groups in total. The van der Waals surface area contributed by atoms with Crippen molar-refractivity contribution in [3.05, 3.63) is 71.4 Å². The molecule has 1 saturated carbocycles. The van der Waals surface area contributed by atoms with Gasteiger partial charge in [-0.1, -0.05) is 42.0 Å². The van der Waals surface area contributed by atoms with Crippen LogP contribution in [-0.2, 0) is 4.79 Å². The van der Waals surface area contributed by atoms with Gasteiger partial charge in [0.2, 0.25) is 5.91 Å². The lowest BCUT2D eigenvalue weighted by Crippen LogP contribution is -2.55. The molecule has 7 heteroatoms. The Bertz CT molecular complexity index is 1220. The summed E-state index contributed by atoms with van der Waals surface area (Å²) in [6, 6.07) is 16.3. The van der Waals surface area contributed by atoms with Crippen LogP contribution in [0.4, 0.5) is 0 Å². The second kappa shape index (κ2) is 9.66. The SMILES string of the molecule is Cc1ccc(-c2nn(-c3ccccc3)cc2C(=O)N2CCN(C(C)C(=O)NC3CC3)CC2)c(C)c1. The van der Waals surface area contributed by atoms with Gasteiger partial charge in [0.15, 0.2) is 0 Å². The molecule has 35 heavy (non-hydrogen) atoms. The van der Waals surface area contributed by atoms with Gasteiger partial charge in [-0.25, -0.2) is 4.68 Å². The summed E-state index contributed by atoms with van der Waals surface area (Å²) < 4.78 is 1.79. The molecule has 2 amide bonds. The van der Waals surface area contributed by atoms with Crippen LogP contribution in [0.25, 0.3) is 16.9 Å². The average molecular weight is 472 g/mol. The topological polar surface area (TPSA) is 70.5 Å². The molecule has 0 radical (unpaired) electrons. The van der Waals surface area contributed by atoms with E-state index in [1.165, 1.54) is 5.56 Å². The molecule has 2 heterocycles. The van der Waals surface area contributed by atoms with Gasteiger partial charge in [0.05, 0.1) is 17.3 Å². The molecule has 1 aliphatic heterocycles. The minimum atomic E-state index is -0.181. The Morgan fingerprint density at radius 2 is 1.71 bits per heavy atom. The molecule has 2 aliphatic rings. The molecular formula is C28H33N5O2. The number of aryl methyl sites for hydroxylation is 2. The molecule has 2 aromatic carbocycles. The summed E-state index contributed by atoms with van der Waals surface area (Å²) in [6.07, 6.45) is 4.02. The van der Waals surface area contributed by atoms with Crippen LogP contribution in [0.5, 0.6) is 0 Å². The maximum Gasteiger partial charge on any atom is 0.257 e. The molecule has 1 saturated heterocycles. The van der Waals surface area contributed by atoms with E-state index >= 15 is 0 Å². The van der Waals surface area contributed by atoms with Crippen molar-refractivity contribution in [1.29, 1.82) is 0 Å². The third kappa shape index (κ3) is 5.00. The summed E-state index contributed by atoms with van der Waals surface area (Å²) in [6.45, 7) is 8.61. The van der Waals surface area contributed by atoms with Crippen LogP contribution in [0.1, 0.15) is 41.3 Å². The standard InChI is InChI=1S/C28H33N5O2/c1-19-9-12-24(20(2)17-19)26-25(18-33(30-26)23-7-5-4-6-8-23)28(35)32-15-13-31(14-16-32)21(3)27(34)29-22-10-11-22/h4-9,12,17-18,21-22H,10-11,13-16H2,1-3H3,(H,29,34). The van der Waals surface area contributed by atoms with Crippen molar-refractivity contribution in [2.24, 2.45) is 0 Å². The van der Waals surface area contributed by atoms with E-state index in [0.717, 1.165) is 29.7 Å². The van der Waals surface area contributed by atoms with Gasteiger partial charge >= 0.3 is 0 Å². The third-order valence-electron chi connectivity index (χ3n) is 7.05. The van der Waals surface area contributed by atoms with Gasteiger partial charge < -0.3 is 10.2 Å². The Balaban J connectivity index is 1.38. The van der Waals surface area contributed by atoms with Crippen molar-refractivity contribution in [2.75, 3.05) is 26.2 Å². The highest BCUT2D eigenvalue weighted by Crippen LogP contribution is 2.29. The van der Waals surface area contributed by atoms with Crippen molar-refractivity contribution in [2.45, 2.75) is 45.7 Å². The molecule has 3 aromatic rings. The van der Waals surface area contributed by atoms with Crippen LogP contribution in [0.3, 0.4) is 0 Å². The number of carbonyl (C=O) groups is 2. The molecule has 1 atom stereocenters. The monoisotopic (exact) mass is 471 g/mol. The van der Waals surface area contributed by atoms with E-state index in [9.17, 15) is 9.59 Å². The van der Waals surface area contributed by atoms with Crippen molar-refractivity contribution in [3.63, 3.8) is 0 Å². The second-order valence-electron chi connectivity index (χ2n) is 9.78. The van der Waals surface area contributed by atoms with Crippen LogP contribution < -0.4 is 5.32 Å². The normalized spacial score (nSPS) is 17.3. The lowest BCUT2D eigenvalue weighted by atomic mass is 10.00. The first-order valence-corrected chi connectivity index (χ1v) is 12.5. The third-order valence-corrected chi connectivity index (χ3v) is 7.05. The number of carbonyl (C=O) groups excluding carboxylic acids is 2. The van der Waals surface area contributed by atoms with Crippen LogP contribution in [0, 0.1) is 13.8 Å². The highest BCUT2D eigenvalue weighted by Gasteiger charge is 2.32. The van der Waals surface area contributed by atoms with Crippen molar-refractivity contribution < 1.29 is 9.59 Å². The molecule has 0 spiro atoms. The van der Waals surface area contributed by atoms with Crippen LogP contribution in [0.15, 0.2) is 54.7 Å². The Morgan fingerprint density at radius 3 is 2.37 bits per heavy atom. The minimum absolute atomic E-state index is 0.0168. The molecule has 1 aliphatic carbocycles. The molecule has 5 rings (SSSR count). The number of piperazine rings is 1. The number of aromatic nitrogens is 2. The Morgan fingerprint density at radius 1 is 1.00 bits per heavy atom. The maximum absolute atomic E-state index is 13.8. The summed E-state index contributed by atoms with van der Waals surface area (Å²) >= 11 is 0. The zero-order valence-electron chi connectivity index (χ0n) is 20.7. The van der Waals surface area contributed by atoms with Gasteiger partial charge in [-0.2, -0.15) is 5.10 Å². The lowest BCUT2D eigenvalue weighted by molar-refractivity contribution is -0.126. The van der Waals surface area contributed by atoms with E-state index in [-0.39, 0.29) is 17.9 Å². The fourth-order valence-electron chi connectivity index (χ4n) is 4.72. The Hall–Kier alpha value is -3.45. The first-order chi connectivity index (χ1) is 16.9. The minimum Gasteiger partial charge on any atom is -0.352 e. The number of nitrogens with one attached hydrogen (secondary N) is 1. The van der Waals surface area contributed by atoms with Crippen molar-refractivity contribution >= 4 is 11.8 Å². The molecule has 2 fully saturated rings. The zero-order valence-corrected chi connectivity index (χ0v) is 20.7. The van der Waals surface area contributed by atoms with Gasteiger partial charge in [-0.3, -0.25) is 14.5 Å². The lowest BCUT2D eigenvalue weighted by Gasteiger charge is -2.37. The van der Waals surface area contributed by atoms with Gasteiger partial charge in [-0.15, -0.1) is 0 Å². The molecule has 182 valence electrons. The summed E-state index contributed by atoms with van der Waals surface area (Å²) in [5.74, 6) is 0.0745. The number of nitrogens with zero attached hydrogens (tertiary/aromatic N) is 4. The largest absolute Gasteiger partial charge is 0.352 e. The summed E-state index contributed by atoms with van der Waals surface area (Å²) in [4.78, 5) is 30.3. The van der Waals surface area contributed by atoms with E-state index in [1.807, 2.05) is 48.4 Å². The number of rotatable bonds is 6. The number of hydrogen-bond donors (Lipinski definition) is 1. The predicted molar refractivity (Wildman–Crippen MR) is 137 cm³/mol. The fraction of sp³-hybridized carbons (Fsp3) is 0.393. The number of amides is 2. The number of benzene rings is 2. The van der Waals surface area contributed by atoms with Gasteiger partial charge in [0.1, 0.15) is 5.69 Å². The van der Waals surface area contributed by atoms with Gasteiger partial charge in [-0.05, 0) is 51.3 Å². The zero-order chi connectivity index (χ0) is 24.5. The maximum atomic E-state index is 13.8. The first-order valence-electron chi connectivity index (χ1n) is 12.5. The summed E-state index contributed by atoms with van der Waals surface area (Å²) in [5.41, 5.74) is 5.47. The van der Waals surface area contributed by atoms with Gasteiger partial charge in [0, 0.05) is 44.0 Å². The van der Waals surface area contributed by atoms with Crippen LogP contribution in [-0.4, -0.2) is 69.7 Å². The van der Waals surface area contributed by atoms with E-state index in [0.29, 0.717) is 43.5 Å². The highest BCUT2D eigenvalue weighted by molar-refractivity contribution is 6.00. The van der Waals surface area contributed by atoms with Crippen LogP contribution in [0.2, 0.25) is 0 Å². The van der Waals surface area contributed by atoms with E-state index in [1.54, 1.807) is 4.68 Å². The van der Waals surface area contributed by atoms with E-state index < -0.39 is 0 Å².